The highest BCUT2D eigenvalue weighted by Crippen LogP contribution is 2.28. The van der Waals surface area contributed by atoms with Crippen LogP contribution in [0.25, 0.3) is 0 Å². The second-order valence-electron chi connectivity index (χ2n) is 4.77. The van der Waals surface area contributed by atoms with Crippen LogP contribution >= 0.6 is 0 Å². The molecule has 2 aromatic rings. The zero-order valence-corrected chi connectivity index (χ0v) is 12.9. The Morgan fingerprint density at radius 2 is 1.77 bits per heavy atom. The zero-order valence-electron chi connectivity index (χ0n) is 12.9. The van der Waals surface area contributed by atoms with Gasteiger partial charge in [0.15, 0.2) is 11.5 Å². The van der Waals surface area contributed by atoms with Gasteiger partial charge in [-0.3, -0.25) is 4.79 Å². The first-order valence-corrected chi connectivity index (χ1v) is 7.27. The number of carbonyl (C=O) groups excluding carboxylic acids is 1. The van der Waals surface area contributed by atoms with Crippen molar-refractivity contribution in [2.24, 2.45) is 0 Å². The molecule has 0 radical (unpaired) electrons. The van der Waals surface area contributed by atoms with Gasteiger partial charge in [0.05, 0.1) is 6.61 Å². The highest BCUT2D eigenvalue weighted by molar-refractivity contribution is 5.76. The summed E-state index contributed by atoms with van der Waals surface area (Å²) in [6.07, 6.45) is 0.785. The van der Waals surface area contributed by atoms with Crippen molar-refractivity contribution in [3.63, 3.8) is 0 Å². The topological polar surface area (TPSA) is 44.8 Å². The minimum atomic E-state index is 0.397. The third-order valence-corrected chi connectivity index (χ3v) is 3.00. The lowest BCUT2D eigenvalue weighted by Gasteiger charge is -2.13. The summed E-state index contributed by atoms with van der Waals surface area (Å²) in [7, 11) is 0. The van der Waals surface area contributed by atoms with Gasteiger partial charge in [-0.2, -0.15) is 0 Å². The zero-order chi connectivity index (χ0) is 15.8. The molecule has 2 rings (SSSR count). The summed E-state index contributed by atoms with van der Waals surface area (Å²) in [5.74, 6) is 2.01. The van der Waals surface area contributed by atoms with Gasteiger partial charge in [-0.15, -0.1) is 0 Å². The van der Waals surface area contributed by atoms with Crippen molar-refractivity contribution in [3.05, 3.63) is 53.6 Å². The summed E-state index contributed by atoms with van der Waals surface area (Å²) in [6.45, 7) is 5.25. The molecular formula is C18H20O4. The third kappa shape index (κ3) is 4.52. The van der Waals surface area contributed by atoms with Gasteiger partial charge in [0.25, 0.3) is 0 Å². The van der Waals surface area contributed by atoms with Crippen molar-refractivity contribution >= 4 is 6.29 Å². The summed E-state index contributed by atoms with van der Waals surface area (Å²) in [6, 6.07) is 13.0. The molecule has 4 heteroatoms. The van der Waals surface area contributed by atoms with Crippen LogP contribution in [0, 0.1) is 6.92 Å². The molecule has 0 aliphatic carbocycles. The molecule has 0 atom stereocenters. The van der Waals surface area contributed by atoms with Gasteiger partial charge in [-0.25, -0.2) is 0 Å². The van der Waals surface area contributed by atoms with Crippen LogP contribution in [0.5, 0.6) is 17.2 Å². The lowest BCUT2D eigenvalue weighted by atomic mass is 10.2. The Kier molecular flexibility index (Phi) is 5.83. The van der Waals surface area contributed by atoms with Gasteiger partial charge in [-0.05, 0) is 49.7 Å². The number of aldehydes is 1. The lowest BCUT2D eigenvalue weighted by Crippen LogP contribution is -2.10. The Labute approximate surface area is 130 Å². The van der Waals surface area contributed by atoms with E-state index < -0.39 is 0 Å². The smallest absolute Gasteiger partial charge is 0.161 e. The minimum absolute atomic E-state index is 0.397. The van der Waals surface area contributed by atoms with Crippen molar-refractivity contribution in [1.82, 2.24) is 0 Å². The SMILES string of the molecule is CCOc1cc(C=O)ccc1OCCOc1cccc(C)c1. The fourth-order valence-electron chi connectivity index (χ4n) is 2.00. The number of carbonyl (C=O) groups is 1. The molecule has 0 N–H and O–H groups in total. The molecule has 22 heavy (non-hydrogen) atoms. The van der Waals surface area contributed by atoms with Gasteiger partial charge < -0.3 is 14.2 Å². The number of aryl methyl sites for hydroxylation is 1. The normalized spacial score (nSPS) is 10.1. The van der Waals surface area contributed by atoms with E-state index >= 15 is 0 Å². The number of hydrogen-bond acceptors (Lipinski definition) is 4. The maximum Gasteiger partial charge on any atom is 0.161 e. The van der Waals surface area contributed by atoms with Gasteiger partial charge in [0, 0.05) is 5.56 Å². The van der Waals surface area contributed by atoms with E-state index in [2.05, 4.69) is 0 Å². The van der Waals surface area contributed by atoms with Crippen LogP contribution in [0.3, 0.4) is 0 Å². The summed E-state index contributed by atoms with van der Waals surface area (Å²) in [5.41, 5.74) is 1.72. The predicted octanol–water partition coefficient (Wildman–Crippen LogP) is 3.66. The number of ether oxygens (including phenoxy) is 3. The minimum Gasteiger partial charge on any atom is -0.490 e. The molecule has 0 saturated heterocycles. The Morgan fingerprint density at radius 3 is 2.50 bits per heavy atom. The largest absolute Gasteiger partial charge is 0.490 e. The first-order valence-electron chi connectivity index (χ1n) is 7.27. The van der Waals surface area contributed by atoms with Crippen molar-refractivity contribution in [1.29, 1.82) is 0 Å². The van der Waals surface area contributed by atoms with E-state index in [0.717, 1.165) is 17.6 Å². The number of hydrogen-bond donors (Lipinski definition) is 0. The summed E-state index contributed by atoms with van der Waals surface area (Å²) in [5, 5.41) is 0. The van der Waals surface area contributed by atoms with E-state index in [9.17, 15) is 4.79 Å². The molecule has 4 nitrogen and oxygen atoms in total. The van der Waals surface area contributed by atoms with Gasteiger partial charge in [0.1, 0.15) is 25.2 Å². The fraction of sp³-hybridized carbons (Fsp3) is 0.278. The maximum absolute atomic E-state index is 10.8. The molecule has 0 spiro atoms. The average molecular weight is 300 g/mol. The van der Waals surface area contributed by atoms with Crippen molar-refractivity contribution in [2.45, 2.75) is 13.8 Å². The standard InChI is InChI=1S/C18H20O4/c1-3-20-18-12-15(13-19)7-8-17(18)22-10-9-21-16-6-4-5-14(2)11-16/h4-8,11-13H,3,9-10H2,1-2H3. The Bertz CT molecular complexity index is 622. The molecule has 0 saturated carbocycles. The first-order chi connectivity index (χ1) is 10.7. The van der Waals surface area contributed by atoms with E-state index in [1.54, 1.807) is 18.2 Å². The Morgan fingerprint density at radius 1 is 0.955 bits per heavy atom. The van der Waals surface area contributed by atoms with Gasteiger partial charge in [-0.1, -0.05) is 12.1 Å². The highest BCUT2D eigenvalue weighted by atomic mass is 16.5. The van der Waals surface area contributed by atoms with Crippen LogP contribution in [0.1, 0.15) is 22.8 Å². The highest BCUT2D eigenvalue weighted by Gasteiger charge is 2.06. The molecule has 0 amide bonds. The summed E-state index contributed by atoms with van der Waals surface area (Å²) >= 11 is 0. The number of benzene rings is 2. The average Bonchev–Trinajstić information content (AvgIpc) is 2.53. The Hall–Kier alpha value is -2.49. The lowest BCUT2D eigenvalue weighted by molar-refractivity contribution is 0.112. The molecule has 0 aliphatic rings. The van der Waals surface area contributed by atoms with Crippen LogP contribution in [-0.2, 0) is 0 Å². The summed E-state index contributed by atoms with van der Waals surface area (Å²) < 4.78 is 16.8. The summed E-state index contributed by atoms with van der Waals surface area (Å²) in [4.78, 5) is 10.8. The monoisotopic (exact) mass is 300 g/mol. The predicted molar refractivity (Wildman–Crippen MR) is 85.2 cm³/mol. The van der Waals surface area contributed by atoms with E-state index in [0.29, 0.717) is 36.9 Å². The first kappa shape index (κ1) is 15.9. The number of rotatable bonds is 8. The second-order valence-corrected chi connectivity index (χ2v) is 4.77. The second kappa shape index (κ2) is 8.08. The molecule has 2 aromatic carbocycles. The van der Waals surface area contributed by atoms with Gasteiger partial charge in [0.2, 0.25) is 0 Å². The van der Waals surface area contributed by atoms with Crippen LogP contribution in [-0.4, -0.2) is 26.1 Å². The van der Waals surface area contributed by atoms with Gasteiger partial charge >= 0.3 is 0 Å². The molecule has 0 aliphatic heterocycles. The molecule has 0 bridgehead atoms. The third-order valence-electron chi connectivity index (χ3n) is 3.00. The van der Waals surface area contributed by atoms with E-state index in [4.69, 9.17) is 14.2 Å². The van der Waals surface area contributed by atoms with E-state index in [-0.39, 0.29) is 0 Å². The van der Waals surface area contributed by atoms with E-state index in [1.807, 2.05) is 38.1 Å². The fourth-order valence-corrected chi connectivity index (χ4v) is 2.00. The molecule has 0 heterocycles. The van der Waals surface area contributed by atoms with E-state index in [1.165, 1.54) is 0 Å². The van der Waals surface area contributed by atoms with Crippen molar-refractivity contribution in [3.8, 4) is 17.2 Å². The van der Waals surface area contributed by atoms with Crippen LogP contribution in [0.15, 0.2) is 42.5 Å². The molecule has 116 valence electrons. The van der Waals surface area contributed by atoms with Crippen molar-refractivity contribution < 1.29 is 19.0 Å². The quantitative estimate of drug-likeness (QED) is 0.551. The molecule has 0 unspecified atom stereocenters. The molecular weight excluding hydrogens is 280 g/mol. The van der Waals surface area contributed by atoms with Crippen LogP contribution in [0.2, 0.25) is 0 Å². The van der Waals surface area contributed by atoms with Crippen LogP contribution < -0.4 is 14.2 Å². The Balaban J connectivity index is 1.89. The van der Waals surface area contributed by atoms with Crippen molar-refractivity contribution in [2.75, 3.05) is 19.8 Å². The maximum atomic E-state index is 10.8. The molecule has 0 aromatic heterocycles. The van der Waals surface area contributed by atoms with Crippen LogP contribution in [0.4, 0.5) is 0 Å². The molecule has 0 fully saturated rings.